The maximum atomic E-state index is 4.17. The standard InChI is InChI=1S/C22H45/c1-4-7-9-11-13-15-17-19-21-22(6-3)20-18-16-14-12-10-8-5-2/h22H,3-21H2,1-2H3. The molecule has 0 aliphatic carbocycles. The molecule has 1 unspecified atom stereocenters. The van der Waals surface area contributed by atoms with E-state index in [2.05, 4.69) is 20.8 Å². The zero-order chi connectivity index (χ0) is 16.3. The van der Waals surface area contributed by atoms with Crippen LogP contribution >= 0.6 is 0 Å². The summed E-state index contributed by atoms with van der Waals surface area (Å²) in [5, 5.41) is 0. The monoisotopic (exact) mass is 309 g/mol. The van der Waals surface area contributed by atoms with Gasteiger partial charge in [-0.1, -0.05) is 136 Å². The number of hydrogen-bond acceptors (Lipinski definition) is 0. The average Bonchev–Trinajstić information content (AvgIpc) is 2.54. The van der Waals surface area contributed by atoms with Crippen molar-refractivity contribution in [1.82, 2.24) is 0 Å². The second kappa shape index (κ2) is 19.0. The zero-order valence-corrected chi connectivity index (χ0v) is 16.0. The summed E-state index contributed by atoms with van der Waals surface area (Å²) in [4.78, 5) is 0. The van der Waals surface area contributed by atoms with E-state index >= 15 is 0 Å². The summed E-state index contributed by atoms with van der Waals surface area (Å²) >= 11 is 0. The Labute approximate surface area is 142 Å². The van der Waals surface area contributed by atoms with Crippen molar-refractivity contribution in [2.45, 2.75) is 129 Å². The maximum absolute atomic E-state index is 4.17. The van der Waals surface area contributed by atoms with Crippen LogP contribution in [0.25, 0.3) is 0 Å². The Balaban J connectivity index is 3.29. The van der Waals surface area contributed by atoms with Gasteiger partial charge in [-0.2, -0.15) is 0 Å². The average molecular weight is 310 g/mol. The molecule has 22 heavy (non-hydrogen) atoms. The Bertz CT molecular complexity index is 184. The van der Waals surface area contributed by atoms with Crippen LogP contribution < -0.4 is 0 Å². The number of rotatable bonds is 18. The fraction of sp³-hybridized carbons (Fsp3) is 0.955. The lowest BCUT2D eigenvalue weighted by Gasteiger charge is -2.14. The second-order valence-electron chi connectivity index (χ2n) is 7.33. The van der Waals surface area contributed by atoms with Crippen LogP contribution in [0.2, 0.25) is 0 Å². The van der Waals surface area contributed by atoms with Crippen molar-refractivity contribution in [3.05, 3.63) is 6.92 Å². The van der Waals surface area contributed by atoms with Crippen LogP contribution in [-0.4, -0.2) is 0 Å². The highest BCUT2D eigenvalue weighted by Gasteiger charge is 2.05. The zero-order valence-electron chi connectivity index (χ0n) is 16.0. The molecule has 0 saturated heterocycles. The van der Waals surface area contributed by atoms with Gasteiger partial charge in [-0.05, 0) is 5.92 Å². The topological polar surface area (TPSA) is 0 Å². The van der Waals surface area contributed by atoms with E-state index in [-0.39, 0.29) is 0 Å². The highest BCUT2D eigenvalue weighted by Crippen LogP contribution is 2.21. The van der Waals surface area contributed by atoms with Gasteiger partial charge in [-0.3, -0.25) is 0 Å². The SMILES string of the molecule is [CH2]CC(CCCCCCCCC)CCCCCCCCCC. The van der Waals surface area contributed by atoms with E-state index < -0.39 is 0 Å². The molecule has 0 fully saturated rings. The molecule has 0 amide bonds. The molecule has 0 saturated carbocycles. The first-order valence-electron chi connectivity index (χ1n) is 10.6. The smallest absolute Gasteiger partial charge is 0.0414 e. The van der Waals surface area contributed by atoms with Gasteiger partial charge in [0.2, 0.25) is 0 Å². The fourth-order valence-electron chi connectivity index (χ4n) is 3.39. The third-order valence-corrected chi connectivity index (χ3v) is 5.09. The largest absolute Gasteiger partial charge is 0.0654 e. The van der Waals surface area contributed by atoms with E-state index in [4.69, 9.17) is 0 Å². The molecule has 0 bridgehead atoms. The molecule has 0 aliphatic heterocycles. The van der Waals surface area contributed by atoms with E-state index in [0.29, 0.717) is 0 Å². The van der Waals surface area contributed by atoms with Crippen LogP contribution in [0.3, 0.4) is 0 Å². The van der Waals surface area contributed by atoms with Gasteiger partial charge < -0.3 is 0 Å². The summed E-state index contributed by atoms with van der Waals surface area (Å²) in [6.07, 6.45) is 25.7. The van der Waals surface area contributed by atoms with Crippen LogP contribution in [0.15, 0.2) is 0 Å². The van der Waals surface area contributed by atoms with Gasteiger partial charge in [-0.25, -0.2) is 0 Å². The molecule has 0 spiro atoms. The van der Waals surface area contributed by atoms with Crippen molar-refractivity contribution < 1.29 is 0 Å². The van der Waals surface area contributed by atoms with E-state index in [1.54, 1.807) is 0 Å². The Morgan fingerprint density at radius 2 is 0.818 bits per heavy atom. The van der Waals surface area contributed by atoms with Crippen molar-refractivity contribution in [2.75, 3.05) is 0 Å². The lowest BCUT2D eigenvalue weighted by molar-refractivity contribution is 0.404. The van der Waals surface area contributed by atoms with E-state index in [1.165, 1.54) is 109 Å². The summed E-state index contributed by atoms with van der Waals surface area (Å²) in [5.41, 5.74) is 0. The minimum atomic E-state index is 0.913. The second-order valence-corrected chi connectivity index (χ2v) is 7.33. The Kier molecular flexibility index (Phi) is 19.0. The molecule has 1 radical (unpaired) electrons. The van der Waals surface area contributed by atoms with Gasteiger partial charge in [0.25, 0.3) is 0 Å². The minimum Gasteiger partial charge on any atom is -0.0654 e. The quantitative estimate of drug-likeness (QED) is 0.223. The summed E-state index contributed by atoms with van der Waals surface area (Å²) < 4.78 is 0. The molecular weight excluding hydrogens is 264 g/mol. The lowest BCUT2D eigenvalue weighted by Crippen LogP contribution is -1.99. The molecule has 0 aromatic heterocycles. The molecule has 0 N–H and O–H groups in total. The van der Waals surface area contributed by atoms with Gasteiger partial charge >= 0.3 is 0 Å². The van der Waals surface area contributed by atoms with Crippen LogP contribution in [-0.2, 0) is 0 Å². The molecular formula is C22H45. The van der Waals surface area contributed by atoms with Crippen molar-refractivity contribution in [2.24, 2.45) is 5.92 Å². The van der Waals surface area contributed by atoms with E-state index in [1.807, 2.05) is 0 Å². The predicted molar refractivity (Wildman–Crippen MR) is 103 cm³/mol. The van der Waals surface area contributed by atoms with Gasteiger partial charge in [-0.15, -0.1) is 0 Å². The summed E-state index contributed by atoms with van der Waals surface area (Å²) in [6, 6.07) is 0. The van der Waals surface area contributed by atoms with Crippen LogP contribution in [0.4, 0.5) is 0 Å². The van der Waals surface area contributed by atoms with Gasteiger partial charge in [0.1, 0.15) is 0 Å². The predicted octanol–water partition coefficient (Wildman–Crippen LogP) is 8.50. The molecule has 0 rings (SSSR count). The van der Waals surface area contributed by atoms with Gasteiger partial charge in [0.15, 0.2) is 0 Å². The van der Waals surface area contributed by atoms with E-state index in [9.17, 15) is 0 Å². The minimum absolute atomic E-state index is 0.913. The molecule has 0 aromatic rings. The molecule has 0 aliphatic rings. The Morgan fingerprint density at radius 3 is 1.14 bits per heavy atom. The molecule has 0 heteroatoms. The number of hydrogen-bond donors (Lipinski definition) is 0. The molecule has 133 valence electrons. The summed E-state index contributed by atoms with van der Waals surface area (Å²) in [7, 11) is 0. The normalized spacial score (nSPS) is 12.7. The third-order valence-electron chi connectivity index (χ3n) is 5.09. The van der Waals surface area contributed by atoms with Crippen molar-refractivity contribution >= 4 is 0 Å². The summed E-state index contributed by atoms with van der Waals surface area (Å²) in [5.74, 6) is 0.913. The molecule has 0 heterocycles. The van der Waals surface area contributed by atoms with Gasteiger partial charge in [0, 0.05) is 0 Å². The maximum Gasteiger partial charge on any atom is -0.0414 e. The van der Waals surface area contributed by atoms with Crippen molar-refractivity contribution in [3.8, 4) is 0 Å². The van der Waals surface area contributed by atoms with Crippen LogP contribution in [0.5, 0.6) is 0 Å². The molecule has 1 atom stereocenters. The third kappa shape index (κ3) is 16.4. The Hall–Kier alpha value is 0. The van der Waals surface area contributed by atoms with Gasteiger partial charge in [0.05, 0.1) is 0 Å². The highest BCUT2D eigenvalue weighted by atomic mass is 14.1. The van der Waals surface area contributed by atoms with Crippen LogP contribution in [0, 0.1) is 12.8 Å². The first-order valence-corrected chi connectivity index (χ1v) is 10.6. The van der Waals surface area contributed by atoms with E-state index in [0.717, 1.165) is 12.3 Å². The van der Waals surface area contributed by atoms with Crippen LogP contribution in [0.1, 0.15) is 129 Å². The first kappa shape index (κ1) is 22.0. The fourth-order valence-corrected chi connectivity index (χ4v) is 3.39. The van der Waals surface area contributed by atoms with Crippen molar-refractivity contribution in [1.29, 1.82) is 0 Å². The molecule has 0 aromatic carbocycles. The highest BCUT2D eigenvalue weighted by molar-refractivity contribution is 4.62. The Morgan fingerprint density at radius 1 is 0.500 bits per heavy atom. The molecule has 0 nitrogen and oxygen atoms in total. The van der Waals surface area contributed by atoms with Crippen molar-refractivity contribution in [3.63, 3.8) is 0 Å². The lowest BCUT2D eigenvalue weighted by atomic mass is 9.92. The first-order chi connectivity index (χ1) is 10.8. The summed E-state index contributed by atoms with van der Waals surface area (Å²) in [6.45, 7) is 8.77. The number of unbranched alkanes of at least 4 members (excludes halogenated alkanes) is 13.